The van der Waals surface area contributed by atoms with Gasteiger partial charge in [0.15, 0.2) is 5.75 Å². The monoisotopic (exact) mass is 476 g/mol. The van der Waals surface area contributed by atoms with Gasteiger partial charge in [-0.2, -0.15) is 0 Å². The Labute approximate surface area is 202 Å². The molecule has 1 amide bonds. The molecule has 0 spiro atoms. The Morgan fingerprint density at radius 1 is 1.09 bits per heavy atom. The fourth-order valence-corrected chi connectivity index (χ4v) is 5.69. The molecule has 0 atom stereocenters. The lowest BCUT2D eigenvalue weighted by atomic mass is 10.1. The highest BCUT2D eigenvalue weighted by Crippen LogP contribution is 2.40. The van der Waals surface area contributed by atoms with Crippen LogP contribution in [-0.4, -0.2) is 53.1 Å². The number of benzene rings is 1. The quantitative estimate of drug-likeness (QED) is 0.389. The number of thiophene rings is 1. The molecular weight excluding hydrogens is 448 g/mol. The van der Waals surface area contributed by atoms with Gasteiger partial charge in [0.1, 0.15) is 16.1 Å². The summed E-state index contributed by atoms with van der Waals surface area (Å²) >= 11 is 1.38. The number of carbonyl (C=O) groups is 1. The summed E-state index contributed by atoms with van der Waals surface area (Å²) in [6, 6.07) is 13.7. The van der Waals surface area contributed by atoms with E-state index < -0.39 is 0 Å². The van der Waals surface area contributed by atoms with Crippen LogP contribution in [0.5, 0.6) is 5.75 Å². The van der Waals surface area contributed by atoms with Crippen molar-refractivity contribution in [3.63, 3.8) is 0 Å². The second-order valence-corrected chi connectivity index (χ2v) is 9.54. The second-order valence-electron chi connectivity index (χ2n) is 8.51. The molecule has 0 saturated carbocycles. The molecule has 1 aliphatic rings. The third-order valence-corrected chi connectivity index (χ3v) is 7.56. The first-order valence-corrected chi connectivity index (χ1v) is 12.5. The van der Waals surface area contributed by atoms with E-state index in [1.807, 2.05) is 47.4 Å². The van der Waals surface area contributed by atoms with Crippen LogP contribution in [0.1, 0.15) is 29.4 Å². The van der Waals surface area contributed by atoms with Crippen LogP contribution >= 0.6 is 11.3 Å². The topological polar surface area (TPSA) is 67.7 Å². The molecule has 0 unspecified atom stereocenters. The molecule has 176 valence electrons. The van der Waals surface area contributed by atoms with Crippen LogP contribution < -0.4 is 15.2 Å². The summed E-state index contributed by atoms with van der Waals surface area (Å²) in [6.45, 7) is 5.18. The van der Waals surface area contributed by atoms with E-state index in [0.29, 0.717) is 48.8 Å². The summed E-state index contributed by atoms with van der Waals surface area (Å²) in [5, 5.41) is 1.47. The Kier molecular flexibility index (Phi) is 6.24. The number of piperazine rings is 1. The van der Waals surface area contributed by atoms with Gasteiger partial charge in [-0.1, -0.05) is 37.6 Å². The number of fused-ring (bicyclic) bond motifs is 3. The van der Waals surface area contributed by atoms with Gasteiger partial charge in [0, 0.05) is 44.8 Å². The SMILES string of the molecule is CCCCOc1c(C(=O)N2CCN(c3ccccn3)CC2)sc2c1c(=O)n(C)c1ccccc21. The molecule has 5 rings (SSSR count). The van der Waals surface area contributed by atoms with Gasteiger partial charge < -0.3 is 19.1 Å². The number of anilines is 1. The summed E-state index contributed by atoms with van der Waals surface area (Å²) in [5.74, 6) is 1.30. The van der Waals surface area contributed by atoms with Crippen molar-refractivity contribution in [3.05, 3.63) is 63.9 Å². The summed E-state index contributed by atoms with van der Waals surface area (Å²) in [7, 11) is 1.77. The zero-order chi connectivity index (χ0) is 23.7. The van der Waals surface area contributed by atoms with Crippen LogP contribution in [0.15, 0.2) is 53.5 Å². The van der Waals surface area contributed by atoms with Gasteiger partial charge >= 0.3 is 0 Å². The van der Waals surface area contributed by atoms with Crippen LogP contribution in [0, 0.1) is 0 Å². The van der Waals surface area contributed by atoms with Crippen molar-refractivity contribution in [2.45, 2.75) is 19.8 Å². The molecule has 1 aliphatic heterocycles. The highest BCUT2D eigenvalue weighted by Gasteiger charge is 2.30. The Balaban J connectivity index is 1.52. The molecule has 1 saturated heterocycles. The van der Waals surface area contributed by atoms with Crippen molar-refractivity contribution in [1.29, 1.82) is 0 Å². The number of aryl methyl sites for hydroxylation is 1. The molecule has 34 heavy (non-hydrogen) atoms. The number of unbranched alkanes of at least 4 members (excludes halogenated alkanes) is 1. The largest absolute Gasteiger partial charge is 0.491 e. The Morgan fingerprint density at radius 2 is 1.85 bits per heavy atom. The summed E-state index contributed by atoms with van der Waals surface area (Å²) in [4.78, 5) is 36.1. The van der Waals surface area contributed by atoms with Crippen molar-refractivity contribution >= 4 is 44.1 Å². The van der Waals surface area contributed by atoms with Gasteiger partial charge in [0.2, 0.25) is 0 Å². The maximum Gasteiger partial charge on any atom is 0.267 e. The van der Waals surface area contributed by atoms with Gasteiger partial charge in [-0.25, -0.2) is 4.98 Å². The minimum Gasteiger partial charge on any atom is -0.491 e. The van der Waals surface area contributed by atoms with Crippen LogP contribution in [0.25, 0.3) is 21.0 Å². The lowest BCUT2D eigenvalue weighted by Crippen LogP contribution is -2.49. The fraction of sp³-hybridized carbons (Fsp3) is 0.346. The third-order valence-electron chi connectivity index (χ3n) is 6.37. The van der Waals surface area contributed by atoms with E-state index in [1.54, 1.807) is 17.8 Å². The van der Waals surface area contributed by atoms with Crippen molar-refractivity contribution < 1.29 is 9.53 Å². The standard InChI is InChI=1S/C26H28N4O3S/c1-3-4-17-33-22-21-23(18-9-5-6-10-19(18)28(2)25(21)31)34-24(22)26(32)30-15-13-29(14-16-30)20-11-7-8-12-27-20/h5-12H,3-4,13-17H2,1-2H3. The van der Waals surface area contributed by atoms with Gasteiger partial charge in [-0.05, 0) is 24.6 Å². The number of hydrogen-bond acceptors (Lipinski definition) is 6. The minimum atomic E-state index is -0.129. The van der Waals surface area contributed by atoms with E-state index in [0.717, 1.165) is 34.3 Å². The lowest BCUT2D eigenvalue weighted by molar-refractivity contribution is 0.0747. The van der Waals surface area contributed by atoms with Gasteiger partial charge in [-0.3, -0.25) is 9.59 Å². The maximum atomic E-state index is 13.7. The van der Waals surface area contributed by atoms with Crippen LogP contribution in [0.3, 0.4) is 0 Å². The first-order chi connectivity index (χ1) is 16.6. The normalized spacial score (nSPS) is 14.2. The minimum absolute atomic E-state index is 0.0699. The molecule has 0 radical (unpaired) electrons. The van der Waals surface area contributed by atoms with Crippen LogP contribution in [0.4, 0.5) is 5.82 Å². The zero-order valence-electron chi connectivity index (χ0n) is 19.5. The molecule has 8 heteroatoms. The van der Waals surface area contributed by atoms with Gasteiger partial charge in [0.25, 0.3) is 11.5 Å². The zero-order valence-corrected chi connectivity index (χ0v) is 20.3. The number of aromatic nitrogens is 2. The van der Waals surface area contributed by atoms with E-state index in [1.165, 1.54) is 11.3 Å². The molecule has 1 aromatic carbocycles. The van der Waals surface area contributed by atoms with Gasteiger partial charge in [-0.15, -0.1) is 11.3 Å². The number of amides is 1. The highest BCUT2D eigenvalue weighted by atomic mass is 32.1. The first kappa shape index (κ1) is 22.4. The number of rotatable bonds is 6. The number of hydrogen-bond donors (Lipinski definition) is 0. The predicted molar refractivity (Wildman–Crippen MR) is 137 cm³/mol. The average Bonchev–Trinajstić information content (AvgIpc) is 3.27. The van der Waals surface area contributed by atoms with Crippen molar-refractivity contribution in [2.24, 2.45) is 7.05 Å². The summed E-state index contributed by atoms with van der Waals surface area (Å²) in [5.41, 5.74) is 0.722. The van der Waals surface area contributed by atoms with E-state index in [-0.39, 0.29) is 11.5 Å². The molecule has 3 aromatic heterocycles. The molecule has 0 bridgehead atoms. The van der Waals surface area contributed by atoms with Crippen LogP contribution in [0.2, 0.25) is 0 Å². The summed E-state index contributed by atoms with van der Waals surface area (Å²) < 4.78 is 8.62. The Morgan fingerprint density at radius 3 is 2.59 bits per heavy atom. The number of pyridine rings is 2. The predicted octanol–water partition coefficient (Wildman–Crippen LogP) is 4.29. The molecular formula is C26H28N4O3S. The molecule has 7 nitrogen and oxygen atoms in total. The molecule has 4 heterocycles. The second kappa shape index (κ2) is 9.46. The Hall–Kier alpha value is -3.39. The van der Waals surface area contributed by atoms with Gasteiger partial charge in [0.05, 0.1) is 16.8 Å². The number of para-hydroxylation sites is 1. The van der Waals surface area contributed by atoms with Crippen LogP contribution in [-0.2, 0) is 7.05 Å². The summed E-state index contributed by atoms with van der Waals surface area (Å²) in [6.07, 6.45) is 3.62. The number of carbonyl (C=O) groups excluding carboxylic acids is 1. The van der Waals surface area contributed by atoms with E-state index >= 15 is 0 Å². The molecule has 1 fully saturated rings. The van der Waals surface area contributed by atoms with E-state index in [4.69, 9.17) is 4.74 Å². The molecule has 0 aliphatic carbocycles. The average molecular weight is 477 g/mol. The maximum absolute atomic E-state index is 13.7. The van der Waals surface area contributed by atoms with E-state index in [2.05, 4.69) is 16.8 Å². The lowest BCUT2D eigenvalue weighted by Gasteiger charge is -2.35. The van der Waals surface area contributed by atoms with Crippen molar-refractivity contribution in [2.75, 3.05) is 37.7 Å². The first-order valence-electron chi connectivity index (χ1n) is 11.7. The highest BCUT2D eigenvalue weighted by molar-refractivity contribution is 7.22. The Bertz CT molecular complexity index is 1390. The molecule has 4 aromatic rings. The smallest absolute Gasteiger partial charge is 0.267 e. The third kappa shape index (κ3) is 3.92. The van der Waals surface area contributed by atoms with Crippen molar-refractivity contribution in [1.82, 2.24) is 14.5 Å². The number of nitrogens with zero attached hydrogens (tertiary/aromatic N) is 4. The molecule has 0 N–H and O–H groups in total. The number of ether oxygens (including phenoxy) is 1. The van der Waals surface area contributed by atoms with E-state index in [9.17, 15) is 9.59 Å². The van der Waals surface area contributed by atoms with Crippen molar-refractivity contribution in [3.8, 4) is 5.75 Å². The fourth-order valence-electron chi connectivity index (χ4n) is 4.46.